The van der Waals surface area contributed by atoms with Gasteiger partial charge in [0.1, 0.15) is 0 Å². The lowest BCUT2D eigenvalue weighted by Gasteiger charge is -2.22. The van der Waals surface area contributed by atoms with Gasteiger partial charge in [-0.15, -0.1) is 0 Å². The van der Waals surface area contributed by atoms with Crippen molar-refractivity contribution in [3.05, 3.63) is 63.9 Å². The number of pyridine rings is 1. The van der Waals surface area contributed by atoms with Crippen LogP contribution in [0.25, 0.3) is 0 Å². The second-order valence-electron chi connectivity index (χ2n) is 6.30. The molecule has 2 nitrogen and oxygen atoms in total. The summed E-state index contributed by atoms with van der Waals surface area (Å²) >= 11 is 3.50. The lowest BCUT2D eigenvalue weighted by atomic mass is 9.86. The highest BCUT2D eigenvalue weighted by atomic mass is 79.9. The second kappa shape index (κ2) is 6.71. The summed E-state index contributed by atoms with van der Waals surface area (Å²) in [7, 11) is 0. The smallest absolute Gasteiger partial charge is 0.0592 e. The van der Waals surface area contributed by atoms with E-state index in [-0.39, 0.29) is 11.5 Å². The van der Waals surface area contributed by atoms with E-state index in [1.807, 2.05) is 12.4 Å². The van der Waals surface area contributed by atoms with Gasteiger partial charge in [0.2, 0.25) is 0 Å². The number of benzene rings is 1. The van der Waals surface area contributed by atoms with E-state index in [0.29, 0.717) is 0 Å². The van der Waals surface area contributed by atoms with Gasteiger partial charge < -0.3 is 5.32 Å². The van der Waals surface area contributed by atoms with Crippen LogP contribution in [0.4, 0.5) is 0 Å². The molecule has 0 radical (unpaired) electrons. The number of nitrogens with zero attached hydrogens (tertiary/aromatic N) is 1. The number of rotatable bonds is 4. The summed E-state index contributed by atoms with van der Waals surface area (Å²) in [6, 6.07) is 11.2. The summed E-state index contributed by atoms with van der Waals surface area (Å²) in [5.74, 6) is 0. The normalized spacial score (nSPS) is 13.2. The van der Waals surface area contributed by atoms with E-state index < -0.39 is 0 Å². The van der Waals surface area contributed by atoms with E-state index in [9.17, 15) is 0 Å². The van der Waals surface area contributed by atoms with Crippen LogP contribution in [0.2, 0.25) is 0 Å². The first-order chi connectivity index (χ1) is 9.91. The van der Waals surface area contributed by atoms with Crippen molar-refractivity contribution in [3.8, 4) is 0 Å². The SMILES string of the molecule is CCNC(c1ccc(C(C)(C)C)cc1)c1cncc(Br)c1. The highest BCUT2D eigenvalue weighted by Gasteiger charge is 2.17. The minimum absolute atomic E-state index is 0.175. The molecule has 0 bridgehead atoms. The summed E-state index contributed by atoms with van der Waals surface area (Å²) < 4.78 is 1.01. The Kier molecular flexibility index (Phi) is 5.17. The summed E-state index contributed by atoms with van der Waals surface area (Å²) in [5, 5.41) is 3.54. The van der Waals surface area contributed by atoms with Crippen LogP contribution in [0, 0.1) is 0 Å². The molecule has 1 atom stereocenters. The van der Waals surface area contributed by atoms with Crippen molar-refractivity contribution in [2.24, 2.45) is 0 Å². The van der Waals surface area contributed by atoms with Gasteiger partial charge in [-0.3, -0.25) is 4.98 Å². The van der Waals surface area contributed by atoms with Gasteiger partial charge >= 0.3 is 0 Å². The Balaban J connectivity index is 2.34. The molecule has 0 spiro atoms. The molecule has 1 N–H and O–H groups in total. The average Bonchev–Trinajstić information content (AvgIpc) is 2.44. The van der Waals surface area contributed by atoms with E-state index in [0.717, 1.165) is 11.0 Å². The molecule has 1 unspecified atom stereocenters. The van der Waals surface area contributed by atoms with Crippen molar-refractivity contribution in [1.29, 1.82) is 0 Å². The topological polar surface area (TPSA) is 24.9 Å². The third-order valence-corrected chi connectivity index (χ3v) is 4.01. The van der Waals surface area contributed by atoms with Crippen molar-refractivity contribution in [3.63, 3.8) is 0 Å². The summed E-state index contributed by atoms with van der Waals surface area (Å²) in [6.07, 6.45) is 3.74. The second-order valence-corrected chi connectivity index (χ2v) is 7.21. The number of halogens is 1. The van der Waals surface area contributed by atoms with Gasteiger partial charge in [-0.05, 0) is 50.6 Å². The van der Waals surface area contributed by atoms with Gasteiger partial charge in [0, 0.05) is 16.9 Å². The molecule has 1 aromatic carbocycles. The van der Waals surface area contributed by atoms with Crippen LogP contribution in [0.5, 0.6) is 0 Å². The van der Waals surface area contributed by atoms with E-state index >= 15 is 0 Å². The van der Waals surface area contributed by atoms with Crippen LogP contribution in [0.15, 0.2) is 47.2 Å². The van der Waals surface area contributed by atoms with Crippen LogP contribution in [0.1, 0.15) is 50.4 Å². The molecule has 0 aliphatic carbocycles. The molecular formula is C18H23BrN2. The van der Waals surface area contributed by atoms with Gasteiger partial charge in [0.15, 0.2) is 0 Å². The Hall–Kier alpha value is -1.19. The number of nitrogens with one attached hydrogen (secondary N) is 1. The molecule has 1 aromatic heterocycles. The standard InChI is InChI=1S/C18H23BrN2/c1-5-21-17(14-10-16(19)12-20-11-14)13-6-8-15(9-7-13)18(2,3)4/h6-12,17,21H,5H2,1-4H3. The van der Waals surface area contributed by atoms with Crippen molar-refractivity contribution in [2.45, 2.75) is 39.2 Å². The van der Waals surface area contributed by atoms with E-state index in [1.54, 1.807) is 0 Å². The Morgan fingerprint density at radius 2 is 1.76 bits per heavy atom. The molecule has 112 valence electrons. The van der Waals surface area contributed by atoms with Crippen LogP contribution < -0.4 is 5.32 Å². The molecule has 0 saturated carbocycles. The predicted molar refractivity (Wildman–Crippen MR) is 92.6 cm³/mol. The van der Waals surface area contributed by atoms with Crippen molar-refractivity contribution in [1.82, 2.24) is 10.3 Å². The number of aromatic nitrogens is 1. The van der Waals surface area contributed by atoms with Gasteiger partial charge in [0.25, 0.3) is 0 Å². The maximum Gasteiger partial charge on any atom is 0.0592 e. The lowest BCUT2D eigenvalue weighted by molar-refractivity contribution is 0.587. The Labute approximate surface area is 136 Å². The molecule has 3 heteroatoms. The van der Waals surface area contributed by atoms with E-state index in [4.69, 9.17) is 0 Å². The third kappa shape index (κ3) is 4.14. The van der Waals surface area contributed by atoms with Crippen LogP contribution >= 0.6 is 15.9 Å². The minimum Gasteiger partial charge on any atom is -0.306 e. The minimum atomic E-state index is 0.175. The maximum atomic E-state index is 4.28. The fourth-order valence-corrected chi connectivity index (χ4v) is 2.78. The molecule has 1 heterocycles. The monoisotopic (exact) mass is 346 g/mol. The first kappa shape index (κ1) is 16.2. The zero-order chi connectivity index (χ0) is 15.5. The third-order valence-electron chi connectivity index (χ3n) is 3.58. The quantitative estimate of drug-likeness (QED) is 0.856. The van der Waals surface area contributed by atoms with Crippen molar-refractivity contribution >= 4 is 15.9 Å². The van der Waals surface area contributed by atoms with Gasteiger partial charge in [-0.2, -0.15) is 0 Å². The zero-order valence-electron chi connectivity index (χ0n) is 13.2. The first-order valence-corrected chi connectivity index (χ1v) is 8.15. The Morgan fingerprint density at radius 1 is 1.10 bits per heavy atom. The first-order valence-electron chi connectivity index (χ1n) is 7.36. The fourth-order valence-electron chi connectivity index (χ4n) is 2.39. The number of hydrogen-bond acceptors (Lipinski definition) is 2. The summed E-state index contributed by atoms with van der Waals surface area (Å²) in [4.78, 5) is 4.28. The highest BCUT2D eigenvalue weighted by Crippen LogP contribution is 2.27. The molecule has 2 rings (SSSR count). The molecule has 0 fully saturated rings. The molecule has 0 aliphatic rings. The largest absolute Gasteiger partial charge is 0.306 e. The van der Waals surface area contributed by atoms with Crippen LogP contribution in [-0.4, -0.2) is 11.5 Å². The number of hydrogen-bond donors (Lipinski definition) is 1. The molecule has 0 aliphatic heterocycles. The Morgan fingerprint density at radius 3 is 2.29 bits per heavy atom. The summed E-state index contributed by atoms with van der Waals surface area (Å²) in [6.45, 7) is 9.76. The van der Waals surface area contributed by atoms with E-state index in [2.05, 4.69) is 84.3 Å². The summed E-state index contributed by atoms with van der Waals surface area (Å²) in [5.41, 5.74) is 3.98. The molecule has 0 saturated heterocycles. The highest BCUT2D eigenvalue weighted by molar-refractivity contribution is 9.10. The predicted octanol–water partition coefficient (Wildman–Crippen LogP) is 4.84. The zero-order valence-corrected chi connectivity index (χ0v) is 14.7. The average molecular weight is 347 g/mol. The molecular weight excluding hydrogens is 324 g/mol. The molecule has 0 amide bonds. The maximum absolute atomic E-state index is 4.28. The molecule has 21 heavy (non-hydrogen) atoms. The van der Waals surface area contributed by atoms with Gasteiger partial charge in [-0.25, -0.2) is 0 Å². The van der Waals surface area contributed by atoms with Gasteiger partial charge in [-0.1, -0.05) is 52.0 Å². The lowest BCUT2D eigenvalue weighted by Crippen LogP contribution is -2.22. The van der Waals surface area contributed by atoms with Crippen LogP contribution in [-0.2, 0) is 5.41 Å². The fraction of sp³-hybridized carbons (Fsp3) is 0.389. The van der Waals surface area contributed by atoms with E-state index in [1.165, 1.54) is 16.7 Å². The van der Waals surface area contributed by atoms with Crippen LogP contribution in [0.3, 0.4) is 0 Å². The van der Waals surface area contributed by atoms with Crippen molar-refractivity contribution in [2.75, 3.05) is 6.54 Å². The van der Waals surface area contributed by atoms with Crippen molar-refractivity contribution < 1.29 is 0 Å². The Bertz CT molecular complexity index is 585. The van der Waals surface area contributed by atoms with Gasteiger partial charge in [0.05, 0.1) is 6.04 Å². The molecule has 2 aromatic rings.